The molecule has 1 heterocycles. The van der Waals surface area contributed by atoms with Crippen LogP contribution in [-0.4, -0.2) is 16.7 Å². The maximum absolute atomic E-state index is 11.9. The van der Waals surface area contributed by atoms with Crippen molar-refractivity contribution in [2.75, 3.05) is 5.32 Å². The third-order valence-corrected chi connectivity index (χ3v) is 3.14. The Kier molecular flexibility index (Phi) is 4.48. The van der Waals surface area contributed by atoms with Gasteiger partial charge in [-0.25, -0.2) is 0 Å². The molecule has 1 aromatic heterocycles. The van der Waals surface area contributed by atoms with E-state index < -0.39 is 0 Å². The van der Waals surface area contributed by atoms with Crippen LogP contribution in [0, 0.1) is 6.92 Å². The summed E-state index contributed by atoms with van der Waals surface area (Å²) < 4.78 is 0. The van der Waals surface area contributed by atoms with Gasteiger partial charge in [0, 0.05) is 25.1 Å². The van der Waals surface area contributed by atoms with Crippen molar-refractivity contribution in [2.24, 2.45) is 0 Å². The number of anilines is 1. The number of aryl methyl sites for hydroxylation is 1. The summed E-state index contributed by atoms with van der Waals surface area (Å²) in [4.78, 5) is 27.5. The first-order valence-electron chi connectivity index (χ1n) is 6.89. The Labute approximate surface area is 124 Å². The van der Waals surface area contributed by atoms with Crippen LogP contribution in [0.1, 0.15) is 36.3 Å². The van der Waals surface area contributed by atoms with Gasteiger partial charge in [-0.05, 0) is 18.6 Å². The lowest BCUT2D eigenvalue weighted by atomic mass is 10.0. The van der Waals surface area contributed by atoms with Crippen molar-refractivity contribution in [3.63, 3.8) is 0 Å². The molecule has 0 spiro atoms. The molecule has 2 aromatic rings. The Bertz CT molecular complexity index is 693. The molecule has 0 saturated heterocycles. The predicted octanol–water partition coefficient (Wildman–Crippen LogP) is 3.61. The van der Waals surface area contributed by atoms with E-state index in [9.17, 15) is 9.59 Å². The van der Waals surface area contributed by atoms with E-state index in [1.54, 1.807) is 19.2 Å². The second-order valence-electron chi connectivity index (χ2n) is 4.95. The minimum Gasteiger partial charge on any atom is -0.324 e. The molecule has 4 heteroatoms. The minimum absolute atomic E-state index is 0.0884. The molecule has 0 aliphatic heterocycles. The van der Waals surface area contributed by atoms with Crippen LogP contribution in [0.2, 0.25) is 0 Å². The zero-order chi connectivity index (χ0) is 15.4. The number of Topliss-reactive ketones (excluding diaryl/α,β-unsaturated/α-hetero) is 1. The fourth-order valence-corrected chi connectivity index (χ4v) is 2.12. The van der Waals surface area contributed by atoms with Gasteiger partial charge in [0.1, 0.15) is 5.69 Å². The van der Waals surface area contributed by atoms with Gasteiger partial charge in [0.2, 0.25) is 5.91 Å². The minimum atomic E-state index is -0.219. The summed E-state index contributed by atoms with van der Waals surface area (Å²) >= 11 is 0. The molecule has 1 N–H and O–H groups in total. The molecular weight excluding hydrogens is 264 g/mol. The summed E-state index contributed by atoms with van der Waals surface area (Å²) in [6.07, 6.45) is 2.02. The molecule has 0 fully saturated rings. The Morgan fingerprint density at radius 2 is 1.95 bits per heavy atom. The van der Waals surface area contributed by atoms with Crippen molar-refractivity contribution in [3.8, 4) is 11.1 Å². The van der Waals surface area contributed by atoms with Crippen molar-refractivity contribution in [1.82, 2.24) is 4.98 Å². The highest BCUT2D eigenvalue weighted by atomic mass is 16.1. The molecule has 0 atom stereocenters. The van der Waals surface area contributed by atoms with Gasteiger partial charge in [-0.15, -0.1) is 0 Å². The highest BCUT2D eigenvalue weighted by molar-refractivity contribution is 6.03. The summed E-state index contributed by atoms with van der Waals surface area (Å²) in [5.74, 6) is -0.308. The van der Waals surface area contributed by atoms with Crippen molar-refractivity contribution < 1.29 is 9.59 Å². The Balaban J connectivity index is 2.50. The molecular formula is C17H18N2O2. The molecule has 1 aromatic carbocycles. The SMILES string of the molecule is CCC(=O)c1ncc(-c2cccc(C)c2)cc1NC(C)=O. The number of nitrogens with one attached hydrogen (secondary N) is 1. The molecule has 0 saturated carbocycles. The smallest absolute Gasteiger partial charge is 0.221 e. The second-order valence-corrected chi connectivity index (χ2v) is 4.95. The second kappa shape index (κ2) is 6.31. The molecule has 0 aliphatic carbocycles. The highest BCUT2D eigenvalue weighted by Crippen LogP contribution is 2.25. The standard InChI is InChI=1S/C17H18N2O2/c1-4-16(21)17-15(19-12(3)20)9-14(10-18-17)13-7-5-6-11(2)8-13/h5-10H,4H2,1-3H3,(H,19,20). The average molecular weight is 282 g/mol. The van der Waals surface area contributed by atoms with E-state index in [1.165, 1.54) is 6.92 Å². The number of aromatic nitrogens is 1. The molecule has 0 bridgehead atoms. The first-order valence-corrected chi connectivity index (χ1v) is 6.89. The molecule has 4 nitrogen and oxygen atoms in total. The van der Waals surface area contributed by atoms with Gasteiger partial charge in [0.05, 0.1) is 5.69 Å². The quantitative estimate of drug-likeness (QED) is 0.871. The fourth-order valence-electron chi connectivity index (χ4n) is 2.12. The number of hydrogen-bond donors (Lipinski definition) is 1. The third kappa shape index (κ3) is 3.54. The van der Waals surface area contributed by atoms with Crippen LogP contribution in [0.5, 0.6) is 0 Å². The van der Waals surface area contributed by atoms with Crippen LogP contribution >= 0.6 is 0 Å². The van der Waals surface area contributed by atoms with Crippen LogP contribution in [0.3, 0.4) is 0 Å². The van der Waals surface area contributed by atoms with Crippen LogP contribution in [0.15, 0.2) is 36.5 Å². The van der Waals surface area contributed by atoms with Crippen molar-refractivity contribution in [1.29, 1.82) is 0 Å². The first-order chi connectivity index (χ1) is 10.0. The number of pyridine rings is 1. The molecule has 108 valence electrons. The zero-order valence-corrected chi connectivity index (χ0v) is 12.4. The first kappa shape index (κ1) is 14.9. The number of ketones is 1. The fraction of sp³-hybridized carbons (Fsp3) is 0.235. The van der Waals surface area contributed by atoms with Gasteiger partial charge in [-0.2, -0.15) is 0 Å². The van der Waals surface area contributed by atoms with E-state index in [1.807, 2.05) is 31.2 Å². The van der Waals surface area contributed by atoms with E-state index in [4.69, 9.17) is 0 Å². The molecule has 0 radical (unpaired) electrons. The normalized spacial score (nSPS) is 10.2. The lowest BCUT2D eigenvalue weighted by molar-refractivity contribution is -0.114. The van der Waals surface area contributed by atoms with Crippen LogP contribution in [0.25, 0.3) is 11.1 Å². The van der Waals surface area contributed by atoms with E-state index >= 15 is 0 Å². The molecule has 0 aliphatic rings. The number of nitrogens with zero attached hydrogens (tertiary/aromatic N) is 1. The van der Waals surface area contributed by atoms with Gasteiger partial charge in [-0.3, -0.25) is 14.6 Å². The summed E-state index contributed by atoms with van der Waals surface area (Å²) in [6, 6.07) is 9.79. The summed E-state index contributed by atoms with van der Waals surface area (Å²) in [5.41, 5.74) is 3.79. The molecule has 1 amide bonds. The van der Waals surface area contributed by atoms with Crippen LogP contribution in [-0.2, 0) is 4.79 Å². The Morgan fingerprint density at radius 1 is 1.19 bits per heavy atom. The monoisotopic (exact) mass is 282 g/mol. The molecule has 21 heavy (non-hydrogen) atoms. The van der Waals surface area contributed by atoms with Crippen molar-refractivity contribution in [3.05, 3.63) is 47.8 Å². The summed E-state index contributed by atoms with van der Waals surface area (Å²) in [6.45, 7) is 5.20. The highest BCUT2D eigenvalue weighted by Gasteiger charge is 2.14. The maximum Gasteiger partial charge on any atom is 0.221 e. The van der Waals surface area contributed by atoms with Crippen molar-refractivity contribution >= 4 is 17.4 Å². The van der Waals surface area contributed by atoms with Gasteiger partial charge in [-0.1, -0.05) is 36.8 Å². The zero-order valence-electron chi connectivity index (χ0n) is 12.4. The average Bonchev–Trinajstić information content (AvgIpc) is 2.46. The van der Waals surface area contributed by atoms with Crippen molar-refractivity contribution in [2.45, 2.75) is 27.2 Å². The Hall–Kier alpha value is -2.49. The Morgan fingerprint density at radius 3 is 2.57 bits per heavy atom. The van der Waals surface area contributed by atoms with E-state index in [0.29, 0.717) is 17.8 Å². The van der Waals surface area contributed by atoms with E-state index in [2.05, 4.69) is 10.3 Å². The summed E-state index contributed by atoms with van der Waals surface area (Å²) in [5, 5.41) is 2.69. The number of hydrogen-bond acceptors (Lipinski definition) is 3. The molecule has 0 unspecified atom stereocenters. The van der Waals surface area contributed by atoms with Crippen LogP contribution in [0.4, 0.5) is 5.69 Å². The number of carbonyl (C=O) groups is 2. The lowest BCUT2D eigenvalue weighted by Gasteiger charge is -2.10. The van der Waals surface area contributed by atoms with E-state index in [-0.39, 0.29) is 11.7 Å². The number of carbonyl (C=O) groups excluding carboxylic acids is 2. The van der Waals surface area contributed by atoms with Gasteiger partial charge in [0.25, 0.3) is 0 Å². The number of benzene rings is 1. The topological polar surface area (TPSA) is 59.1 Å². The summed E-state index contributed by atoms with van der Waals surface area (Å²) in [7, 11) is 0. The number of rotatable bonds is 4. The third-order valence-electron chi connectivity index (χ3n) is 3.14. The van der Waals surface area contributed by atoms with Gasteiger partial charge < -0.3 is 5.32 Å². The predicted molar refractivity (Wildman–Crippen MR) is 83.3 cm³/mol. The number of amides is 1. The maximum atomic E-state index is 11.9. The molecule has 2 rings (SSSR count). The van der Waals surface area contributed by atoms with Crippen LogP contribution < -0.4 is 5.32 Å². The largest absolute Gasteiger partial charge is 0.324 e. The lowest BCUT2D eigenvalue weighted by Crippen LogP contribution is -2.12. The van der Waals surface area contributed by atoms with Gasteiger partial charge >= 0.3 is 0 Å². The van der Waals surface area contributed by atoms with E-state index in [0.717, 1.165) is 16.7 Å². The van der Waals surface area contributed by atoms with Gasteiger partial charge in [0.15, 0.2) is 5.78 Å².